The van der Waals surface area contributed by atoms with Gasteiger partial charge in [0.2, 0.25) is 0 Å². The van der Waals surface area contributed by atoms with Crippen LogP contribution in [0.4, 0.5) is 17.1 Å². The molecule has 0 spiro atoms. The van der Waals surface area contributed by atoms with Crippen molar-refractivity contribution in [2.75, 3.05) is 4.90 Å². The van der Waals surface area contributed by atoms with Gasteiger partial charge in [-0.15, -0.1) is 0 Å². The lowest BCUT2D eigenvalue weighted by Crippen LogP contribution is -2.09. The molecule has 0 bridgehead atoms. The van der Waals surface area contributed by atoms with E-state index in [-0.39, 0.29) is 0 Å². The molecular weight excluding hydrogens is 659 g/mol. The largest absolute Gasteiger partial charge is 0.455 e. The van der Waals surface area contributed by atoms with E-state index in [0.29, 0.717) is 12.4 Å². The van der Waals surface area contributed by atoms with E-state index in [2.05, 4.69) is 170 Å². The number of hydrogen-bond donors (Lipinski definition) is 0. The van der Waals surface area contributed by atoms with Crippen molar-refractivity contribution in [2.24, 2.45) is 9.98 Å². The second kappa shape index (κ2) is 14.5. The molecule has 8 aromatic carbocycles. The fourth-order valence-electron chi connectivity index (χ4n) is 7.17. The number of anilines is 3. The zero-order valence-electron chi connectivity index (χ0n) is 29.9. The van der Waals surface area contributed by atoms with E-state index in [4.69, 9.17) is 14.4 Å². The summed E-state index contributed by atoms with van der Waals surface area (Å²) in [6.45, 7) is 2.59. The Kier molecular flexibility index (Phi) is 8.84. The Morgan fingerprint density at radius 1 is 0.519 bits per heavy atom. The normalized spacial score (nSPS) is 12.1. The third-order valence-electron chi connectivity index (χ3n) is 9.86. The van der Waals surface area contributed by atoms with Crippen LogP contribution in [-0.2, 0) is 6.54 Å². The maximum atomic E-state index is 6.77. The third kappa shape index (κ3) is 6.57. The SMILES string of the molecule is CC(=NC(=NCc1ccccc1)c1ccccc1)c1cc(-c2cccc(N(c3ccccc3)c3ccccc3)c2)cc2c1oc1cc3ccccc3cc12. The van der Waals surface area contributed by atoms with Gasteiger partial charge in [0, 0.05) is 39.0 Å². The average molecular weight is 696 g/mol. The van der Waals surface area contributed by atoms with E-state index >= 15 is 0 Å². The van der Waals surface area contributed by atoms with Crippen LogP contribution in [0.2, 0.25) is 0 Å². The highest BCUT2D eigenvalue weighted by molar-refractivity contribution is 6.20. The van der Waals surface area contributed by atoms with E-state index in [0.717, 1.165) is 77.9 Å². The summed E-state index contributed by atoms with van der Waals surface area (Å²) in [5.74, 6) is 0.681. The molecule has 1 heterocycles. The van der Waals surface area contributed by atoms with E-state index in [1.807, 2.05) is 36.4 Å². The minimum absolute atomic E-state index is 0.528. The molecule has 0 N–H and O–H groups in total. The molecule has 0 fully saturated rings. The number of fused-ring (bicyclic) bond motifs is 4. The summed E-state index contributed by atoms with van der Waals surface area (Å²) in [5.41, 5.74) is 10.9. The topological polar surface area (TPSA) is 41.1 Å². The Morgan fingerprint density at radius 2 is 1.11 bits per heavy atom. The molecule has 0 aliphatic carbocycles. The van der Waals surface area contributed by atoms with Gasteiger partial charge in [0.15, 0.2) is 5.84 Å². The molecule has 1 aromatic heterocycles. The Bertz CT molecular complexity index is 2750. The van der Waals surface area contributed by atoms with Crippen molar-refractivity contribution in [3.8, 4) is 11.1 Å². The number of nitrogens with zero attached hydrogens (tertiary/aromatic N) is 3. The Balaban J connectivity index is 1.23. The first kappa shape index (κ1) is 32.8. The third-order valence-corrected chi connectivity index (χ3v) is 9.86. The first-order valence-corrected chi connectivity index (χ1v) is 18.3. The number of benzene rings is 8. The second-order valence-electron chi connectivity index (χ2n) is 13.4. The van der Waals surface area contributed by atoms with E-state index in [1.165, 1.54) is 5.39 Å². The van der Waals surface area contributed by atoms with Gasteiger partial charge in [-0.25, -0.2) is 4.99 Å². The minimum atomic E-state index is 0.528. The number of hydrogen-bond acceptors (Lipinski definition) is 3. The van der Waals surface area contributed by atoms with Gasteiger partial charge in [0.05, 0.1) is 12.3 Å². The first-order valence-electron chi connectivity index (χ1n) is 18.3. The van der Waals surface area contributed by atoms with Gasteiger partial charge in [-0.2, -0.15) is 0 Å². The van der Waals surface area contributed by atoms with Crippen LogP contribution in [-0.4, -0.2) is 11.5 Å². The maximum absolute atomic E-state index is 6.77. The fraction of sp³-hybridized carbons (Fsp3) is 0.0400. The molecule has 9 rings (SSSR count). The van der Waals surface area contributed by atoms with Crippen LogP contribution in [0.5, 0.6) is 0 Å². The quantitative estimate of drug-likeness (QED) is 0.117. The highest BCUT2D eigenvalue weighted by atomic mass is 16.3. The predicted octanol–water partition coefficient (Wildman–Crippen LogP) is 13.3. The smallest absolute Gasteiger partial charge is 0.155 e. The minimum Gasteiger partial charge on any atom is -0.455 e. The van der Waals surface area contributed by atoms with Crippen LogP contribution < -0.4 is 4.90 Å². The molecule has 0 unspecified atom stereocenters. The highest BCUT2D eigenvalue weighted by Gasteiger charge is 2.19. The molecular formula is C50H37N3O. The molecule has 4 heteroatoms. The van der Waals surface area contributed by atoms with Crippen LogP contribution in [0, 0.1) is 0 Å². The van der Waals surface area contributed by atoms with Crippen molar-refractivity contribution in [2.45, 2.75) is 13.5 Å². The van der Waals surface area contributed by atoms with Gasteiger partial charge >= 0.3 is 0 Å². The molecule has 0 amide bonds. The molecule has 258 valence electrons. The molecule has 0 atom stereocenters. The fourth-order valence-corrected chi connectivity index (χ4v) is 7.17. The first-order chi connectivity index (χ1) is 26.7. The Morgan fingerprint density at radius 3 is 1.80 bits per heavy atom. The lowest BCUT2D eigenvalue weighted by Gasteiger charge is -2.26. The van der Waals surface area contributed by atoms with Gasteiger partial charge in [0.25, 0.3) is 0 Å². The van der Waals surface area contributed by atoms with E-state index in [1.54, 1.807) is 0 Å². The van der Waals surface area contributed by atoms with E-state index in [9.17, 15) is 0 Å². The molecule has 0 saturated carbocycles. The summed E-state index contributed by atoms with van der Waals surface area (Å²) in [6, 6.07) is 67.6. The van der Waals surface area contributed by atoms with Crippen molar-refractivity contribution in [3.05, 3.63) is 211 Å². The van der Waals surface area contributed by atoms with Crippen molar-refractivity contribution >= 4 is 61.3 Å². The molecule has 4 nitrogen and oxygen atoms in total. The van der Waals surface area contributed by atoms with Crippen LogP contribution >= 0.6 is 0 Å². The monoisotopic (exact) mass is 695 g/mol. The highest BCUT2D eigenvalue weighted by Crippen LogP contribution is 2.40. The zero-order valence-corrected chi connectivity index (χ0v) is 29.9. The second-order valence-corrected chi connectivity index (χ2v) is 13.4. The summed E-state index contributed by atoms with van der Waals surface area (Å²) < 4.78 is 6.77. The van der Waals surface area contributed by atoms with Gasteiger partial charge in [-0.05, 0) is 95.1 Å². The van der Waals surface area contributed by atoms with Crippen LogP contribution in [0.1, 0.15) is 23.6 Å². The average Bonchev–Trinajstić information content (AvgIpc) is 3.60. The summed E-state index contributed by atoms with van der Waals surface area (Å²) in [6.07, 6.45) is 0. The van der Waals surface area contributed by atoms with Crippen molar-refractivity contribution in [1.29, 1.82) is 0 Å². The predicted molar refractivity (Wildman–Crippen MR) is 227 cm³/mol. The summed E-state index contributed by atoms with van der Waals surface area (Å²) in [5, 5.41) is 4.44. The van der Waals surface area contributed by atoms with Gasteiger partial charge in [0.1, 0.15) is 11.2 Å². The van der Waals surface area contributed by atoms with Crippen LogP contribution in [0.25, 0.3) is 43.8 Å². The number of para-hydroxylation sites is 2. The zero-order chi connectivity index (χ0) is 36.3. The molecule has 0 saturated heterocycles. The number of amidine groups is 1. The van der Waals surface area contributed by atoms with Crippen molar-refractivity contribution < 1.29 is 4.42 Å². The standard InChI is InChI=1S/C50H37N3O/c1-35(52-50(37-19-8-3-9-20-37)51-34-36-17-6-2-7-18-36)45-31-41(32-47-46-30-39-21-14-15-22-40(39)33-48(46)54-49(45)47)38-23-16-28-44(29-38)53(42-24-10-4-11-25-42)43-26-12-5-13-27-43/h2-33H,34H2,1H3. The summed E-state index contributed by atoms with van der Waals surface area (Å²) >= 11 is 0. The van der Waals surface area contributed by atoms with Crippen LogP contribution in [0.15, 0.2) is 209 Å². The Hall–Kier alpha value is -7.04. The summed E-state index contributed by atoms with van der Waals surface area (Å²) in [4.78, 5) is 12.6. The number of furan rings is 1. The lowest BCUT2D eigenvalue weighted by atomic mass is 9.96. The summed E-state index contributed by atoms with van der Waals surface area (Å²) in [7, 11) is 0. The molecule has 9 aromatic rings. The van der Waals surface area contributed by atoms with Crippen molar-refractivity contribution in [1.82, 2.24) is 0 Å². The maximum Gasteiger partial charge on any atom is 0.155 e. The molecule has 0 aliphatic rings. The number of rotatable bonds is 8. The van der Waals surface area contributed by atoms with Gasteiger partial charge in [-0.3, -0.25) is 4.99 Å². The number of aliphatic imine (C=N–C) groups is 2. The molecule has 54 heavy (non-hydrogen) atoms. The Labute approximate surface area is 315 Å². The molecule has 0 radical (unpaired) electrons. The lowest BCUT2D eigenvalue weighted by molar-refractivity contribution is 0.668. The van der Waals surface area contributed by atoms with Crippen LogP contribution in [0.3, 0.4) is 0 Å². The molecule has 0 aliphatic heterocycles. The van der Waals surface area contributed by atoms with Gasteiger partial charge in [-0.1, -0.05) is 133 Å². The van der Waals surface area contributed by atoms with Crippen molar-refractivity contribution in [3.63, 3.8) is 0 Å². The van der Waals surface area contributed by atoms with E-state index < -0.39 is 0 Å². The van der Waals surface area contributed by atoms with Gasteiger partial charge < -0.3 is 9.32 Å².